The average molecular weight is 193 g/mol. The second-order valence-electron chi connectivity index (χ2n) is 4.12. The molecule has 1 nitrogen and oxygen atoms in total. The minimum absolute atomic E-state index is 0.131. The van der Waals surface area contributed by atoms with Gasteiger partial charge in [-0.2, -0.15) is 0 Å². The molecule has 1 aliphatic rings. The zero-order valence-corrected chi connectivity index (χ0v) is 8.52. The molecule has 2 heteroatoms. The third-order valence-electron chi connectivity index (χ3n) is 3.21. The highest BCUT2D eigenvalue weighted by atomic mass is 19.1. The van der Waals surface area contributed by atoms with Gasteiger partial charge in [0.05, 0.1) is 0 Å². The molecule has 0 aromatic heterocycles. The summed E-state index contributed by atoms with van der Waals surface area (Å²) in [6.45, 7) is 3.29. The van der Waals surface area contributed by atoms with Crippen molar-refractivity contribution in [1.82, 2.24) is 5.32 Å². The van der Waals surface area contributed by atoms with Gasteiger partial charge in [0.15, 0.2) is 0 Å². The molecule has 14 heavy (non-hydrogen) atoms. The first-order valence-corrected chi connectivity index (χ1v) is 5.24. The molecule has 0 spiro atoms. The van der Waals surface area contributed by atoms with Crippen molar-refractivity contribution in [2.45, 2.75) is 31.7 Å². The van der Waals surface area contributed by atoms with Crippen LogP contribution in [0.3, 0.4) is 0 Å². The Morgan fingerprint density at radius 1 is 1.50 bits per heavy atom. The van der Waals surface area contributed by atoms with Crippen LogP contribution in [0.4, 0.5) is 4.39 Å². The Morgan fingerprint density at radius 3 is 2.79 bits per heavy atom. The van der Waals surface area contributed by atoms with E-state index in [-0.39, 0.29) is 11.4 Å². The van der Waals surface area contributed by atoms with E-state index in [0.29, 0.717) is 0 Å². The molecule has 2 rings (SSSR count). The first kappa shape index (κ1) is 9.66. The first-order valence-electron chi connectivity index (χ1n) is 5.24. The zero-order valence-electron chi connectivity index (χ0n) is 8.52. The van der Waals surface area contributed by atoms with E-state index < -0.39 is 0 Å². The molecule has 0 saturated carbocycles. The van der Waals surface area contributed by atoms with E-state index in [0.717, 1.165) is 24.9 Å². The number of nitrogens with one attached hydrogen (secondary N) is 1. The SMILES string of the molecule is CCC1(Cc2cccc(F)c2)CCN1. The summed E-state index contributed by atoms with van der Waals surface area (Å²) in [5, 5.41) is 3.45. The van der Waals surface area contributed by atoms with Gasteiger partial charge in [0.2, 0.25) is 0 Å². The van der Waals surface area contributed by atoms with Crippen molar-refractivity contribution in [3.63, 3.8) is 0 Å². The van der Waals surface area contributed by atoms with Crippen molar-refractivity contribution in [2.24, 2.45) is 0 Å². The molecular weight excluding hydrogens is 177 g/mol. The lowest BCUT2D eigenvalue weighted by Gasteiger charge is -2.43. The van der Waals surface area contributed by atoms with Gasteiger partial charge >= 0.3 is 0 Å². The number of benzene rings is 1. The summed E-state index contributed by atoms with van der Waals surface area (Å²) in [7, 11) is 0. The fourth-order valence-electron chi connectivity index (χ4n) is 2.09. The Hall–Kier alpha value is -0.890. The summed E-state index contributed by atoms with van der Waals surface area (Å²) in [6, 6.07) is 6.92. The summed E-state index contributed by atoms with van der Waals surface area (Å²) in [5.41, 5.74) is 1.34. The second kappa shape index (κ2) is 3.70. The number of hydrogen-bond donors (Lipinski definition) is 1. The van der Waals surface area contributed by atoms with Crippen LogP contribution >= 0.6 is 0 Å². The third-order valence-corrected chi connectivity index (χ3v) is 3.21. The largest absolute Gasteiger partial charge is 0.311 e. The van der Waals surface area contributed by atoms with Gasteiger partial charge in [-0.15, -0.1) is 0 Å². The van der Waals surface area contributed by atoms with E-state index in [1.165, 1.54) is 12.5 Å². The summed E-state index contributed by atoms with van der Waals surface area (Å²) in [4.78, 5) is 0. The molecule has 1 aliphatic heterocycles. The van der Waals surface area contributed by atoms with Crippen LogP contribution in [-0.2, 0) is 6.42 Å². The lowest BCUT2D eigenvalue weighted by molar-refractivity contribution is 0.198. The molecule has 0 radical (unpaired) electrons. The molecule has 1 atom stereocenters. The molecule has 0 amide bonds. The standard InChI is InChI=1S/C12H16FN/c1-2-12(6-7-14-12)9-10-4-3-5-11(13)8-10/h3-5,8,14H,2,6-7,9H2,1H3. The summed E-state index contributed by atoms with van der Waals surface area (Å²) in [5.74, 6) is -0.131. The normalized spacial score (nSPS) is 25.9. The Balaban J connectivity index is 2.09. The minimum atomic E-state index is -0.131. The molecule has 1 aromatic carbocycles. The van der Waals surface area contributed by atoms with Gasteiger partial charge in [-0.3, -0.25) is 0 Å². The monoisotopic (exact) mass is 193 g/mol. The number of hydrogen-bond acceptors (Lipinski definition) is 1. The van der Waals surface area contributed by atoms with E-state index in [4.69, 9.17) is 0 Å². The highest BCUT2D eigenvalue weighted by molar-refractivity contribution is 5.20. The zero-order chi connectivity index (χ0) is 10.0. The van der Waals surface area contributed by atoms with E-state index in [9.17, 15) is 4.39 Å². The third kappa shape index (κ3) is 1.80. The predicted octanol–water partition coefficient (Wildman–Crippen LogP) is 2.51. The summed E-state index contributed by atoms with van der Waals surface area (Å²) in [6.07, 6.45) is 3.27. The van der Waals surface area contributed by atoms with Crippen LogP contribution in [0, 0.1) is 5.82 Å². The molecular formula is C12H16FN. The predicted molar refractivity (Wildman–Crippen MR) is 55.7 cm³/mol. The molecule has 0 bridgehead atoms. The van der Waals surface area contributed by atoms with E-state index in [1.54, 1.807) is 12.1 Å². The van der Waals surface area contributed by atoms with Crippen LogP contribution in [-0.4, -0.2) is 12.1 Å². The molecule has 1 unspecified atom stereocenters. The van der Waals surface area contributed by atoms with E-state index in [1.807, 2.05) is 6.07 Å². The van der Waals surface area contributed by atoms with Crippen LogP contribution in [0.5, 0.6) is 0 Å². The van der Waals surface area contributed by atoms with Gasteiger partial charge < -0.3 is 5.32 Å². The number of halogens is 1. The molecule has 0 aliphatic carbocycles. The second-order valence-corrected chi connectivity index (χ2v) is 4.12. The van der Waals surface area contributed by atoms with Crippen LogP contribution in [0.1, 0.15) is 25.3 Å². The fourth-order valence-corrected chi connectivity index (χ4v) is 2.09. The highest BCUT2D eigenvalue weighted by Crippen LogP contribution is 2.27. The molecule has 1 heterocycles. The van der Waals surface area contributed by atoms with Gasteiger partial charge in [0.25, 0.3) is 0 Å². The Labute approximate surface area is 84.3 Å². The number of rotatable bonds is 3. The highest BCUT2D eigenvalue weighted by Gasteiger charge is 2.34. The fraction of sp³-hybridized carbons (Fsp3) is 0.500. The quantitative estimate of drug-likeness (QED) is 0.777. The summed E-state index contributed by atoms with van der Waals surface area (Å²) < 4.78 is 12.9. The van der Waals surface area contributed by atoms with Crippen molar-refractivity contribution in [3.8, 4) is 0 Å². The van der Waals surface area contributed by atoms with Crippen molar-refractivity contribution in [1.29, 1.82) is 0 Å². The van der Waals surface area contributed by atoms with Crippen LogP contribution < -0.4 is 5.32 Å². The van der Waals surface area contributed by atoms with Gasteiger partial charge in [-0.1, -0.05) is 19.1 Å². The lowest BCUT2D eigenvalue weighted by atomic mass is 9.80. The molecule has 76 valence electrons. The van der Waals surface area contributed by atoms with Crippen molar-refractivity contribution in [3.05, 3.63) is 35.6 Å². The van der Waals surface area contributed by atoms with Crippen LogP contribution in [0.2, 0.25) is 0 Å². The lowest BCUT2D eigenvalue weighted by Crippen LogP contribution is -2.57. The van der Waals surface area contributed by atoms with Crippen LogP contribution in [0.15, 0.2) is 24.3 Å². The maximum atomic E-state index is 12.9. The minimum Gasteiger partial charge on any atom is -0.311 e. The van der Waals surface area contributed by atoms with Crippen molar-refractivity contribution in [2.75, 3.05) is 6.54 Å². The topological polar surface area (TPSA) is 12.0 Å². The van der Waals surface area contributed by atoms with E-state index >= 15 is 0 Å². The van der Waals surface area contributed by atoms with Crippen LogP contribution in [0.25, 0.3) is 0 Å². The molecule has 1 saturated heterocycles. The Kier molecular flexibility index (Phi) is 2.55. The maximum absolute atomic E-state index is 12.9. The van der Waals surface area contributed by atoms with Crippen molar-refractivity contribution < 1.29 is 4.39 Å². The smallest absolute Gasteiger partial charge is 0.123 e. The Morgan fingerprint density at radius 2 is 2.29 bits per heavy atom. The first-order chi connectivity index (χ1) is 6.74. The molecule has 1 aromatic rings. The summed E-state index contributed by atoms with van der Waals surface area (Å²) >= 11 is 0. The van der Waals surface area contributed by atoms with Gasteiger partial charge in [-0.25, -0.2) is 4.39 Å². The van der Waals surface area contributed by atoms with Gasteiger partial charge in [-0.05, 0) is 43.5 Å². The Bertz CT molecular complexity index is 312. The average Bonchev–Trinajstić information content (AvgIpc) is 2.11. The van der Waals surface area contributed by atoms with Crippen molar-refractivity contribution >= 4 is 0 Å². The van der Waals surface area contributed by atoms with Gasteiger partial charge in [0.1, 0.15) is 5.82 Å². The van der Waals surface area contributed by atoms with Gasteiger partial charge in [0, 0.05) is 5.54 Å². The maximum Gasteiger partial charge on any atom is 0.123 e. The molecule has 1 fully saturated rings. The van der Waals surface area contributed by atoms with E-state index in [2.05, 4.69) is 12.2 Å². The molecule has 1 N–H and O–H groups in total.